The van der Waals surface area contributed by atoms with Gasteiger partial charge in [0.1, 0.15) is 0 Å². The molecule has 1 atom stereocenters. The summed E-state index contributed by atoms with van der Waals surface area (Å²) in [7, 11) is 2.18. The lowest BCUT2D eigenvalue weighted by Gasteiger charge is -2.19. The molecule has 108 valence electrons. The van der Waals surface area contributed by atoms with Crippen LogP contribution in [-0.4, -0.2) is 18.5 Å². The number of hydrogen-bond donors (Lipinski definition) is 1. The van der Waals surface area contributed by atoms with Crippen molar-refractivity contribution in [2.75, 3.05) is 19.3 Å². The molecule has 0 aliphatic rings. The highest BCUT2D eigenvalue weighted by Crippen LogP contribution is 2.23. The van der Waals surface area contributed by atoms with Gasteiger partial charge in [0.2, 0.25) is 0 Å². The van der Waals surface area contributed by atoms with Gasteiger partial charge in [-0.25, -0.2) is 0 Å². The maximum Gasteiger partial charge on any atom is 0.0701 e. The Balaban J connectivity index is 1.80. The SMILES string of the molecule is CC(CCN(C)Cc1csc(Br)c1)c1ccc(N)cc1. The zero-order valence-electron chi connectivity index (χ0n) is 12.0. The number of rotatable bonds is 6. The fourth-order valence-corrected chi connectivity index (χ4v) is 3.43. The van der Waals surface area contributed by atoms with Gasteiger partial charge < -0.3 is 10.6 Å². The van der Waals surface area contributed by atoms with E-state index in [-0.39, 0.29) is 0 Å². The third-order valence-corrected chi connectivity index (χ3v) is 5.08. The minimum Gasteiger partial charge on any atom is -0.399 e. The Bertz CT molecular complexity index is 536. The van der Waals surface area contributed by atoms with Gasteiger partial charge in [0.25, 0.3) is 0 Å². The van der Waals surface area contributed by atoms with Crippen LogP contribution in [0.15, 0.2) is 39.5 Å². The monoisotopic (exact) mass is 352 g/mol. The fourth-order valence-electron chi connectivity index (χ4n) is 2.22. The molecular weight excluding hydrogens is 332 g/mol. The molecule has 0 saturated carbocycles. The van der Waals surface area contributed by atoms with E-state index in [1.165, 1.54) is 14.9 Å². The molecule has 20 heavy (non-hydrogen) atoms. The quantitative estimate of drug-likeness (QED) is 0.762. The van der Waals surface area contributed by atoms with Gasteiger partial charge in [-0.2, -0.15) is 0 Å². The first-order valence-electron chi connectivity index (χ1n) is 6.81. The van der Waals surface area contributed by atoms with Crippen molar-refractivity contribution in [2.24, 2.45) is 0 Å². The van der Waals surface area contributed by atoms with Crippen molar-refractivity contribution in [3.8, 4) is 0 Å². The van der Waals surface area contributed by atoms with Crippen LogP contribution in [0.3, 0.4) is 0 Å². The zero-order chi connectivity index (χ0) is 14.5. The topological polar surface area (TPSA) is 29.3 Å². The number of nitrogens with zero attached hydrogens (tertiary/aromatic N) is 1. The molecule has 0 amide bonds. The molecule has 1 unspecified atom stereocenters. The number of nitrogen functional groups attached to an aromatic ring is 1. The molecule has 0 saturated heterocycles. The number of benzene rings is 1. The Kier molecular flexibility index (Phi) is 5.64. The molecule has 4 heteroatoms. The van der Waals surface area contributed by atoms with Gasteiger partial charge in [-0.15, -0.1) is 11.3 Å². The normalized spacial score (nSPS) is 12.8. The predicted molar refractivity (Wildman–Crippen MR) is 92.2 cm³/mol. The largest absolute Gasteiger partial charge is 0.399 e. The van der Waals surface area contributed by atoms with Gasteiger partial charge in [0, 0.05) is 12.2 Å². The molecule has 0 aliphatic carbocycles. The van der Waals surface area contributed by atoms with E-state index in [0.717, 1.165) is 25.2 Å². The Morgan fingerprint density at radius 2 is 2.00 bits per heavy atom. The second-order valence-corrected chi connectivity index (χ2v) is 7.64. The maximum absolute atomic E-state index is 5.73. The molecule has 0 bridgehead atoms. The summed E-state index contributed by atoms with van der Waals surface area (Å²) in [5, 5.41) is 2.21. The van der Waals surface area contributed by atoms with E-state index in [2.05, 4.69) is 58.4 Å². The fraction of sp³-hybridized carbons (Fsp3) is 0.375. The Morgan fingerprint density at radius 1 is 1.30 bits per heavy atom. The highest BCUT2D eigenvalue weighted by molar-refractivity contribution is 9.11. The van der Waals surface area contributed by atoms with E-state index in [1.54, 1.807) is 11.3 Å². The van der Waals surface area contributed by atoms with Crippen molar-refractivity contribution in [1.82, 2.24) is 4.90 Å². The molecule has 0 fully saturated rings. The van der Waals surface area contributed by atoms with E-state index >= 15 is 0 Å². The van der Waals surface area contributed by atoms with Gasteiger partial charge in [0.15, 0.2) is 0 Å². The summed E-state index contributed by atoms with van der Waals surface area (Å²) in [4.78, 5) is 2.38. The summed E-state index contributed by atoms with van der Waals surface area (Å²) in [6, 6.07) is 10.4. The van der Waals surface area contributed by atoms with Gasteiger partial charge in [-0.3, -0.25) is 0 Å². The van der Waals surface area contributed by atoms with Crippen LogP contribution in [0, 0.1) is 0 Å². The summed E-state index contributed by atoms with van der Waals surface area (Å²) in [6.07, 6.45) is 1.16. The van der Waals surface area contributed by atoms with Crippen molar-refractivity contribution >= 4 is 33.0 Å². The number of hydrogen-bond acceptors (Lipinski definition) is 3. The van der Waals surface area contributed by atoms with Gasteiger partial charge in [-0.05, 0) is 76.6 Å². The van der Waals surface area contributed by atoms with Gasteiger partial charge >= 0.3 is 0 Å². The first-order valence-corrected chi connectivity index (χ1v) is 8.49. The lowest BCUT2D eigenvalue weighted by atomic mass is 9.97. The molecule has 1 aromatic heterocycles. The Morgan fingerprint density at radius 3 is 2.60 bits per heavy atom. The van der Waals surface area contributed by atoms with Crippen LogP contribution >= 0.6 is 27.3 Å². The summed E-state index contributed by atoms with van der Waals surface area (Å²) >= 11 is 5.26. The Labute approximate surface area is 133 Å². The molecule has 1 aromatic carbocycles. The molecule has 2 rings (SSSR count). The lowest BCUT2D eigenvalue weighted by Crippen LogP contribution is -2.20. The van der Waals surface area contributed by atoms with Gasteiger partial charge in [0.05, 0.1) is 3.79 Å². The van der Waals surface area contributed by atoms with E-state index < -0.39 is 0 Å². The van der Waals surface area contributed by atoms with Crippen molar-refractivity contribution in [1.29, 1.82) is 0 Å². The van der Waals surface area contributed by atoms with E-state index in [1.807, 2.05) is 12.1 Å². The predicted octanol–water partition coefficient (Wildman–Crippen LogP) is 4.72. The molecule has 2 aromatic rings. The van der Waals surface area contributed by atoms with Crippen LogP contribution in [0.2, 0.25) is 0 Å². The van der Waals surface area contributed by atoms with E-state index in [9.17, 15) is 0 Å². The van der Waals surface area contributed by atoms with Crippen LogP contribution in [0.25, 0.3) is 0 Å². The van der Waals surface area contributed by atoms with Crippen molar-refractivity contribution in [3.05, 3.63) is 50.6 Å². The summed E-state index contributed by atoms with van der Waals surface area (Å²) in [5.41, 5.74) is 9.31. The van der Waals surface area contributed by atoms with Crippen LogP contribution in [0.5, 0.6) is 0 Å². The van der Waals surface area contributed by atoms with Crippen LogP contribution < -0.4 is 5.73 Å². The smallest absolute Gasteiger partial charge is 0.0701 e. The molecule has 2 nitrogen and oxygen atoms in total. The number of halogens is 1. The zero-order valence-corrected chi connectivity index (χ0v) is 14.4. The molecule has 0 aliphatic heterocycles. The highest BCUT2D eigenvalue weighted by atomic mass is 79.9. The third kappa shape index (κ3) is 4.62. The summed E-state index contributed by atoms with van der Waals surface area (Å²) in [6.45, 7) is 4.39. The third-order valence-electron chi connectivity index (χ3n) is 3.52. The molecule has 2 N–H and O–H groups in total. The molecule has 0 radical (unpaired) electrons. The Hall–Kier alpha value is -0.840. The highest BCUT2D eigenvalue weighted by Gasteiger charge is 2.08. The lowest BCUT2D eigenvalue weighted by molar-refractivity contribution is 0.314. The second-order valence-electron chi connectivity index (χ2n) is 5.35. The van der Waals surface area contributed by atoms with Crippen molar-refractivity contribution in [2.45, 2.75) is 25.8 Å². The first-order chi connectivity index (χ1) is 9.54. The van der Waals surface area contributed by atoms with Crippen LogP contribution in [-0.2, 0) is 6.54 Å². The van der Waals surface area contributed by atoms with Crippen molar-refractivity contribution < 1.29 is 0 Å². The summed E-state index contributed by atoms with van der Waals surface area (Å²) in [5.74, 6) is 0.562. The average molecular weight is 353 g/mol. The van der Waals surface area contributed by atoms with E-state index in [0.29, 0.717) is 5.92 Å². The van der Waals surface area contributed by atoms with Gasteiger partial charge in [-0.1, -0.05) is 19.1 Å². The molecule has 1 heterocycles. The standard InChI is InChI=1S/C16H21BrN2S/c1-12(14-3-5-15(18)6-4-14)7-8-19(2)10-13-9-16(17)20-11-13/h3-6,9,11-12H,7-8,10,18H2,1-2H3. The summed E-state index contributed by atoms with van der Waals surface area (Å²) < 4.78 is 1.20. The number of nitrogens with two attached hydrogens (primary N) is 1. The average Bonchev–Trinajstić information content (AvgIpc) is 2.82. The van der Waals surface area contributed by atoms with E-state index in [4.69, 9.17) is 5.73 Å². The minimum absolute atomic E-state index is 0.562. The second kappa shape index (κ2) is 7.25. The first kappa shape index (κ1) is 15.5. The number of anilines is 1. The van der Waals surface area contributed by atoms with Crippen LogP contribution in [0.1, 0.15) is 30.4 Å². The minimum atomic E-state index is 0.562. The van der Waals surface area contributed by atoms with Crippen molar-refractivity contribution in [3.63, 3.8) is 0 Å². The van der Waals surface area contributed by atoms with Crippen LogP contribution in [0.4, 0.5) is 5.69 Å². The maximum atomic E-state index is 5.73. The molecule has 0 spiro atoms. The molecular formula is C16H21BrN2S. The number of thiophene rings is 1.